The van der Waals surface area contributed by atoms with Gasteiger partial charge in [0, 0.05) is 18.2 Å². The first-order valence-electron chi connectivity index (χ1n) is 19.2. The number of piperidine rings is 1. The van der Waals surface area contributed by atoms with E-state index in [2.05, 4.69) is 90.7 Å². The number of alkyl carbamates (subject to hydrolysis) is 2. The molecule has 2 aromatic heterocycles. The number of nitrogens with one attached hydrogen (secondary N) is 4. The predicted molar refractivity (Wildman–Crippen MR) is 207 cm³/mol. The number of amides is 4. The van der Waals surface area contributed by atoms with Crippen LogP contribution in [0.3, 0.4) is 0 Å². The zero-order chi connectivity index (χ0) is 38.6. The van der Waals surface area contributed by atoms with E-state index in [1.807, 2.05) is 22.2 Å². The molecule has 4 aliphatic rings. The highest BCUT2D eigenvalue weighted by molar-refractivity contribution is 5.91. The fraction of sp³-hybridized carbons (Fsp3) is 0.381. The van der Waals surface area contributed by atoms with Crippen molar-refractivity contribution in [1.82, 2.24) is 40.4 Å². The smallest absolute Gasteiger partial charge is 0.407 e. The molecule has 9 rings (SSSR count). The fourth-order valence-electron chi connectivity index (χ4n) is 9.15. The Kier molecular flexibility index (Phi) is 8.98. The summed E-state index contributed by atoms with van der Waals surface area (Å²) in [6.45, 7) is 0.456. The van der Waals surface area contributed by atoms with Gasteiger partial charge in [-0.3, -0.25) is 9.59 Å². The van der Waals surface area contributed by atoms with E-state index < -0.39 is 12.2 Å². The van der Waals surface area contributed by atoms with E-state index in [1.54, 1.807) is 0 Å². The highest BCUT2D eigenvalue weighted by Crippen LogP contribution is 2.58. The molecule has 5 aromatic rings. The number of H-pyrrole nitrogens is 2. The van der Waals surface area contributed by atoms with Crippen LogP contribution in [-0.2, 0) is 19.1 Å². The highest BCUT2D eigenvalue weighted by Gasteiger charge is 2.54. The molecule has 2 aliphatic carbocycles. The van der Waals surface area contributed by atoms with Crippen LogP contribution in [0, 0.1) is 11.3 Å². The number of aromatic nitrogens is 4. The SMILES string of the molecule is COC(=O)NCC(=O)N1CC2(CC2)C[C@H]1c1ncc(-c2ccc3cc(-c4ccc(-c5cnc([C@@H]6[C@H]7CC[C@H](C7)N6C(=O)CNC(=O)OC)[nH]5)cc4)ccc3c2)[nH]1. The first kappa shape index (κ1) is 35.5. The summed E-state index contributed by atoms with van der Waals surface area (Å²) in [7, 11) is 2.56. The summed E-state index contributed by atoms with van der Waals surface area (Å²) < 4.78 is 9.28. The van der Waals surface area contributed by atoms with Gasteiger partial charge in [-0.25, -0.2) is 19.6 Å². The lowest BCUT2D eigenvalue weighted by atomic mass is 9.97. The van der Waals surface area contributed by atoms with E-state index in [-0.39, 0.29) is 48.4 Å². The Morgan fingerprint density at radius 1 is 0.750 bits per heavy atom. The summed E-state index contributed by atoms with van der Waals surface area (Å²) in [4.78, 5) is 69.7. The summed E-state index contributed by atoms with van der Waals surface area (Å²) in [6, 6.07) is 21.0. The second-order valence-corrected chi connectivity index (χ2v) is 15.6. The number of methoxy groups -OCH3 is 2. The number of likely N-dealkylation sites (tertiary alicyclic amines) is 2. The van der Waals surface area contributed by atoms with E-state index in [1.165, 1.54) is 14.2 Å². The molecule has 1 spiro atoms. The van der Waals surface area contributed by atoms with Crippen molar-refractivity contribution < 1.29 is 28.7 Å². The molecule has 14 heteroatoms. The van der Waals surface area contributed by atoms with Gasteiger partial charge in [0.2, 0.25) is 11.8 Å². The Labute approximate surface area is 323 Å². The number of carbonyl (C=O) groups excluding carboxylic acids is 4. The van der Waals surface area contributed by atoms with Crippen molar-refractivity contribution in [2.45, 2.75) is 56.7 Å². The summed E-state index contributed by atoms with van der Waals surface area (Å²) >= 11 is 0. The number of rotatable bonds is 9. The number of hydrogen-bond donors (Lipinski definition) is 4. The monoisotopic (exact) mass is 756 g/mol. The number of aromatic amines is 2. The average Bonchev–Trinajstić information content (AvgIpc) is 3.86. The number of carbonyl (C=O) groups is 4. The van der Waals surface area contributed by atoms with Crippen LogP contribution in [-0.4, -0.2) is 93.6 Å². The number of nitrogens with zero attached hydrogens (tertiary/aromatic N) is 4. The fourth-order valence-corrected chi connectivity index (χ4v) is 9.15. The van der Waals surface area contributed by atoms with Crippen LogP contribution in [0.2, 0.25) is 0 Å². The zero-order valence-electron chi connectivity index (χ0n) is 31.3. The standard InChI is InChI=1S/C42H44N8O6/c1-55-40(53)45-21-35(51)49-23-42(13-14-42)18-34(49)38-43-20-33(47-38)29-10-9-27-15-26(7-8-28(27)16-29)24-3-5-25(6-4-24)32-19-44-39(48-32)37-30-11-12-31(17-30)50(37)36(52)22-46-41(54)56-2/h3-10,15-16,19-20,30-31,34,37H,11-14,17-18,21-23H2,1-2H3,(H,43,47)(H,44,48)(H,45,53)(H,46,54)/t30-,31+,34-,37-/m0/s1. The topological polar surface area (TPSA) is 175 Å². The molecule has 2 saturated carbocycles. The second kappa shape index (κ2) is 14.2. The number of hydrogen-bond acceptors (Lipinski definition) is 8. The quantitative estimate of drug-likeness (QED) is 0.140. The minimum Gasteiger partial charge on any atom is -0.453 e. The van der Waals surface area contributed by atoms with Crippen molar-refractivity contribution in [3.8, 4) is 33.6 Å². The van der Waals surface area contributed by atoms with Gasteiger partial charge in [-0.05, 0) is 89.5 Å². The first-order valence-corrected chi connectivity index (χ1v) is 19.2. The van der Waals surface area contributed by atoms with Gasteiger partial charge >= 0.3 is 12.2 Å². The molecule has 288 valence electrons. The molecule has 4 atom stereocenters. The van der Waals surface area contributed by atoms with E-state index in [9.17, 15) is 19.2 Å². The number of imidazole rings is 2. The Bertz CT molecular complexity index is 2330. The lowest BCUT2D eigenvalue weighted by Gasteiger charge is -2.34. The largest absolute Gasteiger partial charge is 0.453 e. The molecular formula is C42H44N8O6. The summed E-state index contributed by atoms with van der Waals surface area (Å²) in [6.07, 6.45) is 8.43. The molecule has 4 heterocycles. The van der Waals surface area contributed by atoms with Gasteiger partial charge in [-0.15, -0.1) is 0 Å². The molecule has 2 aliphatic heterocycles. The van der Waals surface area contributed by atoms with Gasteiger partial charge in [-0.2, -0.15) is 0 Å². The Balaban J connectivity index is 0.880. The molecule has 2 saturated heterocycles. The normalized spacial score (nSPS) is 21.8. The third-order valence-corrected chi connectivity index (χ3v) is 12.3. The summed E-state index contributed by atoms with van der Waals surface area (Å²) in [5.74, 6) is 1.60. The third-order valence-electron chi connectivity index (χ3n) is 12.3. The maximum Gasteiger partial charge on any atom is 0.407 e. The van der Waals surface area contributed by atoms with Crippen molar-refractivity contribution in [1.29, 1.82) is 0 Å². The Hall–Kier alpha value is -6.18. The molecule has 0 unspecified atom stereocenters. The molecule has 14 nitrogen and oxygen atoms in total. The van der Waals surface area contributed by atoms with Crippen LogP contribution in [0.25, 0.3) is 44.4 Å². The third kappa shape index (κ3) is 6.62. The van der Waals surface area contributed by atoms with Crippen LogP contribution >= 0.6 is 0 Å². The molecule has 0 radical (unpaired) electrons. The zero-order valence-corrected chi connectivity index (χ0v) is 31.3. The maximum atomic E-state index is 13.2. The van der Waals surface area contributed by atoms with Crippen molar-refractivity contribution in [2.75, 3.05) is 33.9 Å². The lowest BCUT2D eigenvalue weighted by molar-refractivity contribution is -0.135. The predicted octanol–water partition coefficient (Wildman–Crippen LogP) is 6.10. The molecule has 4 N–H and O–H groups in total. The number of ether oxygens (including phenoxy) is 2. The van der Waals surface area contributed by atoms with E-state index in [4.69, 9.17) is 9.97 Å². The Morgan fingerprint density at radius 2 is 1.34 bits per heavy atom. The minimum atomic E-state index is -0.624. The molecule has 56 heavy (non-hydrogen) atoms. The Morgan fingerprint density at radius 3 is 2.04 bits per heavy atom. The van der Waals surface area contributed by atoms with Crippen LogP contribution in [0.5, 0.6) is 0 Å². The average molecular weight is 757 g/mol. The van der Waals surface area contributed by atoms with E-state index in [0.29, 0.717) is 12.5 Å². The minimum absolute atomic E-state index is 0.104. The molecular weight excluding hydrogens is 713 g/mol. The van der Waals surface area contributed by atoms with Crippen LogP contribution in [0.1, 0.15) is 62.3 Å². The molecule has 4 amide bonds. The van der Waals surface area contributed by atoms with E-state index in [0.717, 1.165) is 94.6 Å². The van der Waals surface area contributed by atoms with Gasteiger partial charge in [0.05, 0.1) is 50.1 Å². The van der Waals surface area contributed by atoms with Gasteiger partial charge < -0.3 is 39.9 Å². The summed E-state index contributed by atoms with van der Waals surface area (Å²) in [5, 5.41) is 7.25. The van der Waals surface area contributed by atoms with Crippen LogP contribution in [0.4, 0.5) is 9.59 Å². The maximum absolute atomic E-state index is 13.2. The molecule has 3 aromatic carbocycles. The van der Waals surface area contributed by atoms with Gasteiger partial charge in [-0.1, -0.05) is 48.5 Å². The van der Waals surface area contributed by atoms with Gasteiger partial charge in [0.1, 0.15) is 24.7 Å². The number of benzene rings is 3. The van der Waals surface area contributed by atoms with Crippen molar-refractivity contribution in [2.24, 2.45) is 11.3 Å². The first-order chi connectivity index (χ1) is 27.2. The van der Waals surface area contributed by atoms with Crippen molar-refractivity contribution in [3.05, 3.63) is 84.7 Å². The van der Waals surface area contributed by atoms with Crippen molar-refractivity contribution in [3.63, 3.8) is 0 Å². The molecule has 4 fully saturated rings. The lowest BCUT2D eigenvalue weighted by Crippen LogP contribution is -2.45. The number of fused-ring (bicyclic) bond motifs is 3. The van der Waals surface area contributed by atoms with E-state index >= 15 is 0 Å². The second-order valence-electron chi connectivity index (χ2n) is 15.6. The van der Waals surface area contributed by atoms with Crippen molar-refractivity contribution >= 4 is 34.8 Å². The highest BCUT2D eigenvalue weighted by atomic mass is 16.5. The van der Waals surface area contributed by atoms with Crippen LogP contribution in [0.15, 0.2) is 73.1 Å². The summed E-state index contributed by atoms with van der Waals surface area (Å²) in [5.41, 5.74) is 6.12. The van der Waals surface area contributed by atoms with Gasteiger partial charge in [0.25, 0.3) is 0 Å². The van der Waals surface area contributed by atoms with Gasteiger partial charge in [0.15, 0.2) is 0 Å². The molecule has 2 bridgehead atoms. The van der Waals surface area contributed by atoms with Crippen LogP contribution < -0.4 is 10.6 Å².